The van der Waals surface area contributed by atoms with Crippen molar-refractivity contribution < 1.29 is 28.4 Å². The van der Waals surface area contributed by atoms with E-state index in [0.29, 0.717) is 79.2 Å². The average Bonchev–Trinajstić information content (AvgIpc) is 2.57. The molecule has 7 heteroatoms. The number of ether oxygens (including phenoxy) is 6. The molecule has 23 heavy (non-hydrogen) atoms. The summed E-state index contributed by atoms with van der Waals surface area (Å²) in [5.74, 6) is 0. The molecule has 0 amide bonds. The van der Waals surface area contributed by atoms with Crippen molar-refractivity contribution in [2.45, 2.75) is 19.8 Å². The van der Waals surface area contributed by atoms with Gasteiger partial charge in [-0.3, -0.25) is 0 Å². The highest BCUT2D eigenvalue weighted by atomic mass is 16.6. The summed E-state index contributed by atoms with van der Waals surface area (Å²) in [5, 5.41) is 0. The molecule has 0 saturated carbocycles. The smallest absolute Gasteiger partial charge is 0.0701 e. The molecule has 0 aromatic carbocycles. The molecule has 0 atom stereocenters. The minimum absolute atomic E-state index is 0.543. The Morgan fingerprint density at radius 1 is 0.478 bits per heavy atom. The second-order valence-electron chi connectivity index (χ2n) is 4.82. The minimum Gasteiger partial charge on any atom is -0.379 e. The van der Waals surface area contributed by atoms with E-state index in [1.54, 1.807) is 0 Å². The summed E-state index contributed by atoms with van der Waals surface area (Å²) in [6, 6.07) is 0. The normalized spacial score (nSPS) is 11.2. The molecule has 0 heterocycles. The first kappa shape index (κ1) is 22.7. The molecule has 0 fully saturated rings. The van der Waals surface area contributed by atoms with Gasteiger partial charge in [-0.05, 0) is 6.42 Å². The fourth-order valence-electron chi connectivity index (χ4n) is 1.53. The SMILES string of the molecule is CCCCOCCOCCOCCOCCOCCOCCN. The molecule has 0 aliphatic rings. The fourth-order valence-corrected chi connectivity index (χ4v) is 1.53. The molecule has 2 N–H and O–H groups in total. The van der Waals surface area contributed by atoms with E-state index < -0.39 is 0 Å². The van der Waals surface area contributed by atoms with Gasteiger partial charge in [0.05, 0.1) is 72.7 Å². The maximum Gasteiger partial charge on any atom is 0.0701 e. The number of unbranched alkanes of at least 4 members (excludes halogenated alkanes) is 1. The third kappa shape index (κ3) is 21.7. The maximum absolute atomic E-state index is 5.39. The van der Waals surface area contributed by atoms with Crippen LogP contribution in [-0.4, -0.2) is 85.8 Å². The van der Waals surface area contributed by atoms with Crippen LogP contribution in [-0.2, 0) is 28.4 Å². The van der Waals surface area contributed by atoms with Gasteiger partial charge >= 0.3 is 0 Å². The van der Waals surface area contributed by atoms with Crippen LogP contribution in [0.1, 0.15) is 19.8 Å². The van der Waals surface area contributed by atoms with Crippen LogP contribution < -0.4 is 5.73 Å². The third-order valence-corrected chi connectivity index (χ3v) is 2.76. The standard InChI is InChI=1S/C16H35NO6/c1-2-3-5-18-7-9-20-11-13-22-15-16-23-14-12-21-10-8-19-6-4-17/h2-17H2,1H3. The van der Waals surface area contributed by atoms with Crippen LogP contribution >= 0.6 is 0 Å². The zero-order valence-electron chi connectivity index (χ0n) is 14.6. The van der Waals surface area contributed by atoms with Gasteiger partial charge in [0, 0.05) is 13.2 Å². The Hall–Kier alpha value is -0.280. The van der Waals surface area contributed by atoms with Gasteiger partial charge in [0.15, 0.2) is 0 Å². The molecule has 0 aliphatic carbocycles. The van der Waals surface area contributed by atoms with E-state index in [4.69, 9.17) is 34.2 Å². The lowest BCUT2D eigenvalue weighted by atomic mass is 10.4. The number of hydrogen-bond donors (Lipinski definition) is 1. The Labute approximate surface area is 140 Å². The zero-order chi connectivity index (χ0) is 16.8. The van der Waals surface area contributed by atoms with Gasteiger partial charge in [-0.25, -0.2) is 0 Å². The van der Waals surface area contributed by atoms with Gasteiger partial charge in [-0.15, -0.1) is 0 Å². The number of nitrogens with two attached hydrogens (primary N) is 1. The lowest BCUT2D eigenvalue weighted by molar-refractivity contribution is -0.0164. The number of hydrogen-bond acceptors (Lipinski definition) is 7. The Balaban J connectivity index is 2.92. The Morgan fingerprint density at radius 3 is 1.09 bits per heavy atom. The van der Waals surface area contributed by atoms with E-state index in [2.05, 4.69) is 6.92 Å². The highest BCUT2D eigenvalue weighted by Gasteiger charge is 1.93. The second kappa shape index (κ2) is 21.7. The van der Waals surface area contributed by atoms with Crippen molar-refractivity contribution in [1.29, 1.82) is 0 Å². The summed E-state index contributed by atoms with van der Waals surface area (Å²) < 4.78 is 32.0. The van der Waals surface area contributed by atoms with Gasteiger partial charge in [0.2, 0.25) is 0 Å². The first-order valence-electron chi connectivity index (χ1n) is 8.58. The molecule has 0 bridgehead atoms. The van der Waals surface area contributed by atoms with E-state index in [0.717, 1.165) is 19.4 Å². The third-order valence-electron chi connectivity index (χ3n) is 2.76. The molecule has 7 nitrogen and oxygen atoms in total. The molecule has 0 saturated heterocycles. The highest BCUT2D eigenvalue weighted by Crippen LogP contribution is 1.88. The van der Waals surface area contributed by atoms with Crippen LogP contribution in [0.2, 0.25) is 0 Å². The van der Waals surface area contributed by atoms with Crippen molar-refractivity contribution in [1.82, 2.24) is 0 Å². The van der Waals surface area contributed by atoms with E-state index >= 15 is 0 Å². The van der Waals surface area contributed by atoms with E-state index in [1.807, 2.05) is 0 Å². The number of rotatable bonds is 20. The molecular weight excluding hydrogens is 302 g/mol. The Morgan fingerprint density at radius 2 is 0.783 bits per heavy atom. The Kier molecular flexibility index (Phi) is 21.5. The van der Waals surface area contributed by atoms with Gasteiger partial charge in [0.1, 0.15) is 0 Å². The van der Waals surface area contributed by atoms with Crippen molar-refractivity contribution >= 4 is 0 Å². The summed E-state index contributed by atoms with van der Waals surface area (Å²) >= 11 is 0. The summed E-state index contributed by atoms with van der Waals surface area (Å²) in [4.78, 5) is 0. The summed E-state index contributed by atoms with van der Waals surface area (Å²) in [6.07, 6.45) is 2.27. The quantitative estimate of drug-likeness (QED) is 0.330. The predicted octanol–water partition coefficient (Wildman–Crippen LogP) is 0.845. The van der Waals surface area contributed by atoms with E-state index in [1.165, 1.54) is 0 Å². The van der Waals surface area contributed by atoms with Gasteiger partial charge < -0.3 is 34.2 Å². The maximum atomic E-state index is 5.39. The van der Waals surface area contributed by atoms with Crippen LogP contribution in [0.25, 0.3) is 0 Å². The minimum atomic E-state index is 0.543. The molecule has 0 aliphatic heterocycles. The molecule has 0 spiro atoms. The molecule has 0 unspecified atom stereocenters. The van der Waals surface area contributed by atoms with Crippen molar-refractivity contribution in [2.75, 3.05) is 85.8 Å². The van der Waals surface area contributed by atoms with Crippen molar-refractivity contribution in [3.8, 4) is 0 Å². The molecular formula is C16H35NO6. The lowest BCUT2D eigenvalue weighted by Crippen LogP contribution is -2.15. The summed E-state index contributed by atoms with van der Waals surface area (Å²) in [5.41, 5.74) is 5.29. The van der Waals surface area contributed by atoms with Crippen LogP contribution in [0, 0.1) is 0 Å². The van der Waals surface area contributed by atoms with Crippen molar-refractivity contribution in [3.63, 3.8) is 0 Å². The largest absolute Gasteiger partial charge is 0.379 e. The molecule has 0 rings (SSSR count). The Bertz CT molecular complexity index is 189. The highest BCUT2D eigenvalue weighted by molar-refractivity contribution is 4.37. The summed E-state index contributed by atoms with van der Waals surface area (Å²) in [7, 11) is 0. The topological polar surface area (TPSA) is 81.4 Å². The van der Waals surface area contributed by atoms with Gasteiger partial charge in [-0.1, -0.05) is 13.3 Å². The second-order valence-corrected chi connectivity index (χ2v) is 4.82. The van der Waals surface area contributed by atoms with Crippen molar-refractivity contribution in [3.05, 3.63) is 0 Å². The van der Waals surface area contributed by atoms with Crippen molar-refractivity contribution in [2.24, 2.45) is 5.73 Å². The van der Waals surface area contributed by atoms with Crippen LogP contribution in [0.15, 0.2) is 0 Å². The zero-order valence-corrected chi connectivity index (χ0v) is 14.6. The van der Waals surface area contributed by atoms with Crippen LogP contribution in [0.3, 0.4) is 0 Å². The summed E-state index contributed by atoms with van der Waals surface area (Å²) in [6.45, 7) is 9.91. The van der Waals surface area contributed by atoms with Crippen LogP contribution in [0.4, 0.5) is 0 Å². The predicted molar refractivity (Wildman–Crippen MR) is 88.9 cm³/mol. The van der Waals surface area contributed by atoms with Gasteiger partial charge in [-0.2, -0.15) is 0 Å². The molecule has 0 aromatic heterocycles. The molecule has 0 aromatic rings. The monoisotopic (exact) mass is 337 g/mol. The first-order chi connectivity index (χ1) is 11.4. The van der Waals surface area contributed by atoms with E-state index in [-0.39, 0.29) is 0 Å². The van der Waals surface area contributed by atoms with Crippen LogP contribution in [0.5, 0.6) is 0 Å². The fraction of sp³-hybridized carbons (Fsp3) is 1.00. The lowest BCUT2D eigenvalue weighted by Gasteiger charge is -2.08. The van der Waals surface area contributed by atoms with Gasteiger partial charge in [0.25, 0.3) is 0 Å². The molecule has 140 valence electrons. The van der Waals surface area contributed by atoms with E-state index in [9.17, 15) is 0 Å². The molecule has 0 radical (unpaired) electrons. The first-order valence-corrected chi connectivity index (χ1v) is 8.58. The average molecular weight is 337 g/mol.